The summed E-state index contributed by atoms with van der Waals surface area (Å²) in [6.07, 6.45) is 0. The number of fused-ring (bicyclic) bond motifs is 9. The van der Waals surface area contributed by atoms with E-state index in [0.29, 0.717) is 0 Å². The second kappa shape index (κ2) is 13.0. The Labute approximate surface area is 333 Å². The summed E-state index contributed by atoms with van der Waals surface area (Å²) in [4.78, 5) is 2.40. The highest BCUT2D eigenvalue weighted by atomic mass is 16.5. The van der Waals surface area contributed by atoms with Crippen LogP contribution >= 0.6 is 0 Å². The van der Waals surface area contributed by atoms with Crippen LogP contribution in [0.4, 0.5) is 17.1 Å². The van der Waals surface area contributed by atoms with Crippen molar-refractivity contribution in [1.82, 2.24) is 0 Å². The molecule has 0 bridgehead atoms. The first kappa shape index (κ1) is 33.2. The topological polar surface area (TPSA) is 12.5 Å². The maximum absolute atomic E-state index is 6.92. The quantitative estimate of drug-likeness (QED) is 0.175. The second-order valence-electron chi connectivity index (χ2n) is 15.8. The Hall–Kier alpha value is -7.16. The van der Waals surface area contributed by atoms with E-state index in [1.54, 1.807) is 0 Å². The molecule has 0 N–H and O–H groups in total. The Morgan fingerprint density at radius 1 is 0.333 bits per heavy atom. The van der Waals surface area contributed by atoms with E-state index in [1.807, 2.05) is 0 Å². The van der Waals surface area contributed by atoms with E-state index in [2.05, 4.69) is 219 Å². The zero-order chi connectivity index (χ0) is 38.1. The summed E-state index contributed by atoms with van der Waals surface area (Å²) in [5.74, 6) is 1.69. The standard InChI is InChI=1S/C55H39NO/c1-55(2)51-20-12-11-19-45(51)46-28-26-44(35-52(46)55)56(42-24-21-38(22-25-42)36-13-5-3-6-14-36)43-27-30-54-50(34-43)48-32-40-18-10-9-17-39(40)31-47(48)49-33-41(23-29-53(49)57-54)37-15-7-4-8-16-37/h3-35H,1-2H3. The van der Waals surface area contributed by atoms with Crippen molar-refractivity contribution in [2.75, 3.05) is 4.90 Å². The van der Waals surface area contributed by atoms with Gasteiger partial charge in [0.1, 0.15) is 11.5 Å². The van der Waals surface area contributed by atoms with Crippen LogP contribution in [0, 0.1) is 0 Å². The fourth-order valence-electron chi connectivity index (χ4n) is 9.11. The van der Waals surface area contributed by atoms with Gasteiger partial charge < -0.3 is 9.64 Å². The van der Waals surface area contributed by atoms with Gasteiger partial charge >= 0.3 is 0 Å². The first-order valence-corrected chi connectivity index (χ1v) is 19.7. The van der Waals surface area contributed by atoms with Crippen molar-refractivity contribution in [2.45, 2.75) is 19.3 Å². The molecular formula is C55H39NO. The Balaban J connectivity index is 1.11. The van der Waals surface area contributed by atoms with Gasteiger partial charge in [0.2, 0.25) is 0 Å². The molecule has 0 atom stereocenters. The van der Waals surface area contributed by atoms with E-state index >= 15 is 0 Å². The molecule has 57 heavy (non-hydrogen) atoms. The molecule has 9 aromatic rings. The molecule has 1 heterocycles. The average Bonchev–Trinajstić information content (AvgIpc) is 3.41. The summed E-state index contributed by atoms with van der Waals surface area (Å²) < 4.78 is 6.92. The Kier molecular flexibility index (Phi) is 7.55. The summed E-state index contributed by atoms with van der Waals surface area (Å²) in [6, 6.07) is 72.6. The van der Waals surface area contributed by atoms with E-state index in [1.165, 1.54) is 49.7 Å². The number of anilines is 3. The van der Waals surface area contributed by atoms with Crippen molar-refractivity contribution in [3.05, 3.63) is 211 Å². The number of rotatable bonds is 5. The van der Waals surface area contributed by atoms with E-state index in [0.717, 1.165) is 56.4 Å². The van der Waals surface area contributed by atoms with Gasteiger partial charge in [-0.1, -0.05) is 147 Å². The van der Waals surface area contributed by atoms with Gasteiger partial charge in [0, 0.05) is 33.6 Å². The fraction of sp³-hybridized carbons (Fsp3) is 0.0545. The first-order valence-electron chi connectivity index (χ1n) is 19.7. The van der Waals surface area contributed by atoms with Crippen LogP contribution in [0.25, 0.3) is 66.4 Å². The Morgan fingerprint density at radius 2 is 0.825 bits per heavy atom. The molecule has 0 fully saturated rings. The van der Waals surface area contributed by atoms with Gasteiger partial charge in [0.25, 0.3) is 0 Å². The van der Waals surface area contributed by atoms with Crippen molar-refractivity contribution >= 4 is 27.8 Å². The molecule has 0 spiro atoms. The summed E-state index contributed by atoms with van der Waals surface area (Å²) in [7, 11) is 0. The van der Waals surface area contributed by atoms with Crippen molar-refractivity contribution in [2.24, 2.45) is 0 Å². The smallest absolute Gasteiger partial charge is 0.135 e. The number of ether oxygens (including phenoxy) is 1. The predicted octanol–water partition coefficient (Wildman–Crippen LogP) is 15.4. The molecule has 2 heteroatoms. The zero-order valence-electron chi connectivity index (χ0n) is 31.9. The normalized spacial score (nSPS) is 13.0. The molecule has 0 radical (unpaired) electrons. The number of hydrogen-bond acceptors (Lipinski definition) is 2. The third kappa shape index (κ3) is 5.48. The van der Waals surface area contributed by atoms with Crippen LogP contribution in [0.2, 0.25) is 0 Å². The zero-order valence-corrected chi connectivity index (χ0v) is 31.9. The molecule has 9 aromatic carbocycles. The van der Waals surface area contributed by atoms with Gasteiger partial charge in [-0.05, 0) is 133 Å². The van der Waals surface area contributed by atoms with Crippen molar-refractivity contribution < 1.29 is 4.74 Å². The van der Waals surface area contributed by atoms with Crippen molar-refractivity contribution in [3.8, 4) is 67.1 Å². The predicted molar refractivity (Wildman–Crippen MR) is 238 cm³/mol. The van der Waals surface area contributed by atoms with Gasteiger partial charge in [-0.2, -0.15) is 0 Å². The molecule has 2 nitrogen and oxygen atoms in total. The lowest BCUT2D eigenvalue weighted by molar-refractivity contribution is 0.488. The van der Waals surface area contributed by atoms with Gasteiger partial charge in [-0.25, -0.2) is 0 Å². The minimum absolute atomic E-state index is 0.128. The van der Waals surface area contributed by atoms with Crippen LogP contribution in [0.1, 0.15) is 25.0 Å². The maximum Gasteiger partial charge on any atom is 0.135 e. The lowest BCUT2D eigenvalue weighted by Crippen LogP contribution is -2.16. The van der Waals surface area contributed by atoms with E-state index in [9.17, 15) is 0 Å². The van der Waals surface area contributed by atoms with Crippen LogP contribution in [-0.4, -0.2) is 0 Å². The van der Waals surface area contributed by atoms with Crippen LogP contribution in [-0.2, 0) is 5.41 Å². The van der Waals surface area contributed by atoms with Crippen LogP contribution in [0.15, 0.2) is 200 Å². The molecule has 11 rings (SSSR count). The molecule has 1 aliphatic heterocycles. The molecule has 0 amide bonds. The SMILES string of the molecule is CC1(C)c2ccccc2-c2ccc(N(c3ccc(-c4ccccc4)cc3)c3ccc4c(c3)-c3cc5ccccc5cc3-c3cc(-c5ccccc5)ccc3O4)cc21. The van der Waals surface area contributed by atoms with Crippen molar-refractivity contribution in [1.29, 1.82) is 0 Å². The Morgan fingerprint density at radius 3 is 1.53 bits per heavy atom. The lowest BCUT2D eigenvalue weighted by atomic mass is 9.82. The molecule has 0 saturated heterocycles. The van der Waals surface area contributed by atoms with Gasteiger partial charge in [0.05, 0.1) is 0 Å². The average molecular weight is 730 g/mol. The molecule has 1 aliphatic carbocycles. The van der Waals surface area contributed by atoms with Crippen LogP contribution in [0.5, 0.6) is 11.5 Å². The first-order chi connectivity index (χ1) is 28.0. The molecule has 0 unspecified atom stereocenters. The number of hydrogen-bond donors (Lipinski definition) is 0. The molecule has 2 aliphatic rings. The van der Waals surface area contributed by atoms with Gasteiger partial charge in [-0.15, -0.1) is 0 Å². The van der Waals surface area contributed by atoms with Gasteiger partial charge in [0.15, 0.2) is 0 Å². The number of benzene rings is 9. The van der Waals surface area contributed by atoms with Gasteiger partial charge in [-0.3, -0.25) is 0 Å². The molecule has 270 valence electrons. The lowest BCUT2D eigenvalue weighted by Gasteiger charge is -2.29. The minimum Gasteiger partial charge on any atom is -0.456 e. The fourth-order valence-corrected chi connectivity index (χ4v) is 9.11. The van der Waals surface area contributed by atoms with Crippen molar-refractivity contribution in [3.63, 3.8) is 0 Å². The van der Waals surface area contributed by atoms with E-state index < -0.39 is 0 Å². The van der Waals surface area contributed by atoms with Crippen LogP contribution in [0.3, 0.4) is 0 Å². The Bertz CT molecular complexity index is 3000. The molecule has 0 aromatic heterocycles. The largest absolute Gasteiger partial charge is 0.456 e. The second-order valence-corrected chi connectivity index (χ2v) is 15.8. The highest BCUT2D eigenvalue weighted by Gasteiger charge is 2.36. The molecule has 0 saturated carbocycles. The summed E-state index contributed by atoms with van der Waals surface area (Å²) >= 11 is 0. The highest BCUT2D eigenvalue weighted by Crippen LogP contribution is 2.53. The summed E-state index contributed by atoms with van der Waals surface area (Å²) in [6.45, 7) is 4.70. The van der Waals surface area contributed by atoms with Crippen LogP contribution < -0.4 is 9.64 Å². The molecular weight excluding hydrogens is 691 g/mol. The summed E-state index contributed by atoms with van der Waals surface area (Å²) in [5, 5.41) is 2.40. The number of nitrogens with zero attached hydrogens (tertiary/aromatic N) is 1. The monoisotopic (exact) mass is 729 g/mol. The highest BCUT2D eigenvalue weighted by molar-refractivity contribution is 6.01. The van der Waals surface area contributed by atoms with E-state index in [-0.39, 0.29) is 5.41 Å². The maximum atomic E-state index is 6.92. The third-order valence-corrected chi connectivity index (χ3v) is 12.1. The summed E-state index contributed by atoms with van der Waals surface area (Å²) in [5.41, 5.74) is 17.7. The third-order valence-electron chi connectivity index (χ3n) is 12.1. The minimum atomic E-state index is -0.128. The van der Waals surface area contributed by atoms with E-state index in [4.69, 9.17) is 4.74 Å².